The number of Topliss-reactive ketones (excluding diaryl/α,β-unsaturated/α-hetero) is 1. The fraction of sp³-hybridized carbons (Fsp3) is 0.619. The highest BCUT2D eigenvalue weighted by molar-refractivity contribution is 6.01. The van der Waals surface area contributed by atoms with Crippen molar-refractivity contribution in [3.05, 3.63) is 34.2 Å². The minimum absolute atomic E-state index is 0.147. The van der Waals surface area contributed by atoms with Crippen LogP contribution in [0.1, 0.15) is 71.6 Å². The second kappa shape index (κ2) is 8.49. The zero-order valence-electron chi connectivity index (χ0n) is 17.1. The van der Waals surface area contributed by atoms with Crippen LogP contribution in [0.4, 0.5) is 0 Å². The summed E-state index contributed by atoms with van der Waals surface area (Å²) < 4.78 is 13.1. The van der Waals surface area contributed by atoms with E-state index in [1.807, 2.05) is 13.8 Å². The lowest BCUT2D eigenvalue weighted by atomic mass is 9.92. The van der Waals surface area contributed by atoms with Crippen molar-refractivity contribution in [3.8, 4) is 0 Å². The van der Waals surface area contributed by atoms with Crippen LogP contribution in [-0.4, -0.2) is 39.1 Å². The number of aryl methyl sites for hydroxylation is 1. The lowest BCUT2D eigenvalue weighted by Gasteiger charge is -2.18. The number of nitrogens with one attached hydrogen (secondary N) is 1. The molecule has 8 heteroatoms. The van der Waals surface area contributed by atoms with Gasteiger partial charge in [-0.2, -0.15) is 4.98 Å². The van der Waals surface area contributed by atoms with Crippen LogP contribution in [0.15, 0.2) is 4.52 Å². The van der Waals surface area contributed by atoms with Gasteiger partial charge in [0.25, 0.3) is 0 Å². The average molecular weight is 400 g/mol. The first-order valence-electron chi connectivity index (χ1n) is 10.5. The standard InChI is InChI=1S/C21H28N4O4/c1-3-20-23-18(24-29-20)11-22-19(27)10-15-13(2)25(12-14-6-5-9-28-14)16-7-4-8-17(26)21(15)16/h14H,3-12H2,1-2H3,(H,22,27)/t14-/m0/s1. The Morgan fingerprint density at radius 2 is 2.17 bits per heavy atom. The number of rotatable bonds is 7. The first kappa shape index (κ1) is 19.8. The molecule has 1 atom stereocenters. The summed E-state index contributed by atoms with van der Waals surface area (Å²) in [6.07, 6.45) is 5.44. The fourth-order valence-electron chi connectivity index (χ4n) is 4.35. The van der Waals surface area contributed by atoms with Gasteiger partial charge in [0.1, 0.15) is 0 Å². The number of hydrogen-bond acceptors (Lipinski definition) is 6. The largest absolute Gasteiger partial charge is 0.376 e. The number of hydrogen-bond donors (Lipinski definition) is 1. The van der Waals surface area contributed by atoms with E-state index in [2.05, 4.69) is 20.0 Å². The molecule has 0 unspecified atom stereocenters. The molecule has 4 rings (SSSR count). The molecule has 0 radical (unpaired) electrons. The molecule has 2 aromatic rings. The monoisotopic (exact) mass is 400 g/mol. The molecule has 2 aliphatic rings. The minimum Gasteiger partial charge on any atom is -0.376 e. The van der Waals surface area contributed by atoms with Gasteiger partial charge in [0.05, 0.1) is 19.1 Å². The highest BCUT2D eigenvalue weighted by Gasteiger charge is 2.30. The molecular formula is C21H28N4O4. The summed E-state index contributed by atoms with van der Waals surface area (Å²) in [6, 6.07) is 0. The first-order valence-corrected chi connectivity index (χ1v) is 10.5. The highest BCUT2D eigenvalue weighted by Crippen LogP contribution is 2.31. The van der Waals surface area contributed by atoms with Gasteiger partial charge in [-0.25, -0.2) is 0 Å². The first-order chi connectivity index (χ1) is 14.1. The molecule has 1 saturated heterocycles. The van der Waals surface area contributed by atoms with Crippen LogP contribution in [0.5, 0.6) is 0 Å². The lowest BCUT2D eigenvalue weighted by Crippen LogP contribution is -2.26. The zero-order chi connectivity index (χ0) is 20.4. The summed E-state index contributed by atoms with van der Waals surface area (Å²) in [5.41, 5.74) is 3.68. The Labute approximate surface area is 170 Å². The zero-order valence-corrected chi connectivity index (χ0v) is 17.1. The summed E-state index contributed by atoms with van der Waals surface area (Å²) in [7, 11) is 0. The molecule has 3 heterocycles. The molecule has 8 nitrogen and oxygen atoms in total. The molecule has 2 aromatic heterocycles. The van der Waals surface area contributed by atoms with Crippen LogP contribution in [0.2, 0.25) is 0 Å². The second-order valence-corrected chi connectivity index (χ2v) is 7.82. The van der Waals surface area contributed by atoms with Crippen molar-refractivity contribution in [2.45, 2.75) is 78.0 Å². The van der Waals surface area contributed by atoms with Crippen molar-refractivity contribution in [2.75, 3.05) is 6.61 Å². The SMILES string of the molecule is CCc1nc(CNC(=O)Cc2c3c(n(C[C@@H]4CCCO4)c2C)CCCC3=O)no1. The van der Waals surface area contributed by atoms with Gasteiger partial charge in [-0.05, 0) is 38.2 Å². The fourth-order valence-corrected chi connectivity index (χ4v) is 4.35. The van der Waals surface area contributed by atoms with Crippen LogP contribution < -0.4 is 5.32 Å². The number of carbonyl (C=O) groups is 2. The van der Waals surface area contributed by atoms with Crippen LogP contribution in [0, 0.1) is 6.92 Å². The van der Waals surface area contributed by atoms with Gasteiger partial charge in [-0.3, -0.25) is 9.59 Å². The molecule has 1 N–H and O–H groups in total. The maximum Gasteiger partial charge on any atom is 0.226 e. The number of amides is 1. The Morgan fingerprint density at radius 1 is 1.31 bits per heavy atom. The van der Waals surface area contributed by atoms with Crippen LogP contribution in [0.25, 0.3) is 0 Å². The van der Waals surface area contributed by atoms with E-state index in [1.54, 1.807) is 0 Å². The van der Waals surface area contributed by atoms with E-state index in [4.69, 9.17) is 9.26 Å². The normalized spacial score (nSPS) is 18.8. The summed E-state index contributed by atoms with van der Waals surface area (Å²) >= 11 is 0. The summed E-state index contributed by atoms with van der Waals surface area (Å²) in [6.45, 7) is 5.72. The lowest BCUT2D eigenvalue weighted by molar-refractivity contribution is -0.120. The van der Waals surface area contributed by atoms with Gasteiger partial charge in [0.15, 0.2) is 11.6 Å². The molecule has 1 aliphatic carbocycles. The predicted molar refractivity (Wildman–Crippen MR) is 105 cm³/mol. The summed E-state index contributed by atoms with van der Waals surface area (Å²) in [4.78, 5) is 29.5. The predicted octanol–water partition coefficient (Wildman–Crippen LogP) is 2.30. The van der Waals surface area contributed by atoms with Gasteiger partial charge in [-0.15, -0.1) is 0 Å². The third kappa shape index (κ3) is 4.12. The van der Waals surface area contributed by atoms with Crippen molar-refractivity contribution in [3.63, 3.8) is 0 Å². The van der Waals surface area contributed by atoms with E-state index < -0.39 is 0 Å². The molecule has 1 amide bonds. The van der Waals surface area contributed by atoms with E-state index in [0.717, 1.165) is 61.3 Å². The van der Waals surface area contributed by atoms with Gasteiger partial charge in [0, 0.05) is 42.9 Å². The molecule has 29 heavy (non-hydrogen) atoms. The van der Waals surface area contributed by atoms with Crippen molar-refractivity contribution in [1.29, 1.82) is 0 Å². The van der Waals surface area contributed by atoms with E-state index in [9.17, 15) is 9.59 Å². The Kier molecular flexibility index (Phi) is 5.80. The van der Waals surface area contributed by atoms with Crippen LogP contribution in [0.3, 0.4) is 0 Å². The quantitative estimate of drug-likeness (QED) is 0.766. The van der Waals surface area contributed by atoms with E-state index >= 15 is 0 Å². The molecule has 1 aliphatic heterocycles. The van der Waals surface area contributed by atoms with E-state index in [0.29, 0.717) is 24.6 Å². The number of carbonyl (C=O) groups excluding carboxylic acids is 2. The Hall–Kier alpha value is -2.48. The van der Waals surface area contributed by atoms with Gasteiger partial charge in [0.2, 0.25) is 11.8 Å². The minimum atomic E-state index is -0.147. The third-order valence-corrected chi connectivity index (χ3v) is 5.86. The Bertz CT molecular complexity index is 908. The highest BCUT2D eigenvalue weighted by atomic mass is 16.5. The summed E-state index contributed by atoms with van der Waals surface area (Å²) in [5, 5.41) is 6.70. The van der Waals surface area contributed by atoms with Crippen molar-refractivity contribution in [1.82, 2.24) is 20.0 Å². The third-order valence-electron chi connectivity index (χ3n) is 5.86. The topological polar surface area (TPSA) is 99.2 Å². The smallest absolute Gasteiger partial charge is 0.226 e. The number of nitrogens with zero attached hydrogens (tertiary/aromatic N) is 3. The molecule has 0 spiro atoms. The number of fused-ring (bicyclic) bond motifs is 1. The Morgan fingerprint density at radius 3 is 2.90 bits per heavy atom. The van der Waals surface area contributed by atoms with Crippen LogP contribution in [-0.2, 0) is 41.9 Å². The van der Waals surface area contributed by atoms with Gasteiger partial charge < -0.3 is 19.1 Å². The number of ether oxygens (including phenoxy) is 1. The maximum absolute atomic E-state index is 12.7. The number of aromatic nitrogens is 3. The van der Waals surface area contributed by atoms with E-state index in [-0.39, 0.29) is 30.8 Å². The summed E-state index contributed by atoms with van der Waals surface area (Å²) in [5.74, 6) is 1.01. The average Bonchev–Trinajstić information content (AvgIpc) is 3.44. The van der Waals surface area contributed by atoms with Crippen LogP contribution >= 0.6 is 0 Å². The molecule has 0 bridgehead atoms. The molecular weight excluding hydrogens is 372 g/mol. The van der Waals surface area contributed by atoms with Crippen molar-refractivity contribution < 1.29 is 18.8 Å². The number of ketones is 1. The van der Waals surface area contributed by atoms with Gasteiger partial charge in [-0.1, -0.05) is 12.1 Å². The van der Waals surface area contributed by atoms with Crippen molar-refractivity contribution >= 4 is 11.7 Å². The van der Waals surface area contributed by atoms with E-state index in [1.165, 1.54) is 0 Å². The molecule has 0 saturated carbocycles. The molecule has 1 fully saturated rings. The van der Waals surface area contributed by atoms with Gasteiger partial charge >= 0.3 is 0 Å². The molecule has 0 aromatic carbocycles. The maximum atomic E-state index is 12.7. The second-order valence-electron chi connectivity index (χ2n) is 7.82. The Balaban J connectivity index is 1.51. The molecule has 156 valence electrons. The van der Waals surface area contributed by atoms with Crippen molar-refractivity contribution in [2.24, 2.45) is 0 Å².